The van der Waals surface area contributed by atoms with E-state index in [1.807, 2.05) is 0 Å². The number of aromatic amines is 1. The zero-order valence-corrected chi connectivity index (χ0v) is 14.0. The molecule has 2 aromatic heterocycles. The van der Waals surface area contributed by atoms with Crippen LogP contribution < -0.4 is 15.9 Å². The summed E-state index contributed by atoms with van der Waals surface area (Å²) in [6.07, 6.45) is -5.80. The number of aryl methyl sites for hydroxylation is 1. The Hall–Kier alpha value is -2.18. The van der Waals surface area contributed by atoms with Crippen LogP contribution in [0.2, 0.25) is 0 Å². The largest absolute Gasteiger partial charge is 0.522 e. The number of aliphatic hydroxyl groups excluding tert-OH is 1. The molecule has 0 spiro atoms. The lowest BCUT2D eigenvalue weighted by Crippen LogP contribution is -2.45. The van der Waals surface area contributed by atoms with Crippen LogP contribution in [-0.2, 0) is 16.5 Å². The summed E-state index contributed by atoms with van der Waals surface area (Å²) < 4.78 is 48.9. The van der Waals surface area contributed by atoms with E-state index in [9.17, 15) is 23.1 Å². The molecule has 1 aliphatic rings. The molecule has 0 radical (unpaired) electrons. The number of alkyl halides is 3. The Bertz CT molecular complexity index is 865. The van der Waals surface area contributed by atoms with Crippen LogP contribution in [0.25, 0.3) is 11.2 Å². The van der Waals surface area contributed by atoms with E-state index in [-0.39, 0.29) is 23.5 Å². The maximum absolute atomic E-state index is 12.1. The summed E-state index contributed by atoms with van der Waals surface area (Å²) in [7, 11) is 1.62. The van der Waals surface area contributed by atoms with Gasteiger partial charge in [0.15, 0.2) is 6.33 Å². The highest BCUT2D eigenvalue weighted by atomic mass is 19.4. The van der Waals surface area contributed by atoms with Gasteiger partial charge < -0.3 is 15.6 Å². The van der Waals surface area contributed by atoms with Gasteiger partial charge in [-0.05, 0) is 13.3 Å². The third-order valence-corrected chi connectivity index (χ3v) is 4.47. The number of aliphatic hydroxyl groups is 1. The van der Waals surface area contributed by atoms with Gasteiger partial charge in [-0.2, -0.15) is 0 Å². The normalized spacial score (nSPS) is 26.7. The molecule has 0 amide bonds. The molecule has 4 atom stereocenters. The predicted molar refractivity (Wildman–Crippen MR) is 81.6 cm³/mol. The first kappa shape index (κ1) is 18.6. The first-order valence-corrected chi connectivity index (χ1v) is 7.88. The van der Waals surface area contributed by atoms with Gasteiger partial charge in [0.25, 0.3) is 11.5 Å². The van der Waals surface area contributed by atoms with E-state index in [4.69, 9.17) is 10.5 Å². The smallest absolute Gasteiger partial charge is 0.386 e. The van der Waals surface area contributed by atoms with Gasteiger partial charge in [-0.25, -0.2) is 4.57 Å². The standard InChI is InChI=1S/C14H18F3N5O4/c1-6-7(3-4-25-14(15,16)17)9(23)12(26-6)22-5-21(2)8-10(22)19-13(18)20-11(8)24/h5-7,9,12,23H,3-4H2,1-2H3,(H2-,18,19,20,24)/p+1/t6-,7-,9-,12-/m1/s1. The minimum Gasteiger partial charge on any atom is -0.386 e. The molecule has 3 rings (SSSR count). The fourth-order valence-corrected chi connectivity index (χ4v) is 3.29. The van der Waals surface area contributed by atoms with E-state index in [1.165, 1.54) is 15.5 Å². The maximum Gasteiger partial charge on any atom is 0.522 e. The van der Waals surface area contributed by atoms with Gasteiger partial charge in [0.05, 0.1) is 19.8 Å². The molecule has 26 heavy (non-hydrogen) atoms. The molecular weight excluding hydrogens is 359 g/mol. The van der Waals surface area contributed by atoms with E-state index < -0.39 is 42.9 Å². The lowest BCUT2D eigenvalue weighted by Gasteiger charge is -2.17. The molecule has 0 aromatic carbocycles. The highest BCUT2D eigenvalue weighted by Crippen LogP contribution is 2.34. The first-order chi connectivity index (χ1) is 12.1. The molecule has 0 bridgehead atoms. The Labute approximate surface area is 145 Å². The van der Waals surface area contributed by atoms with Crippen LogP contribution in [0.5, 0.6) is 0 Å². The zero-order chi connectivity index (χ0) is 19.2. The van der Waals surface area contributed by atoms with Crippen LogP contribution in [0.15, 0.2) is 11.1 Å². The molecule has 3 heterocycles. The number of H-pyrrole nitrogens is 1. The minimum absolute atomic E-state index is 0.0418. The van der Waals surface area contributed by atoms with E-state index in [0.29, 0.717) is 0 Å². The SMILES string of the molecule is C[C@H]1O[C@@H]([n+]2cn(C)c3c(=O)[nH]c(N)nc32)[C@H](O)[C@@H]1CCOC(F)(F)F. The van der Waals surface area contributed by atoms with E-state index in [2.05, 4.69) is 14.7 Å². The number of aromatic nitrogens is 4. The predicted octanol–water partition coefficient (Wildman–Crippen LogP) is -0.0478. The lowest BCUT2D eigenvalue weighted by atomic mass is 9.95. The summed E-state index contributed by atoms with van der Waals surface area (Å²) in [6.45, 7) is 1.07. The number of halogens is 3. The van der Waals surface area contributed by atoms with Gasteiger partial charge in [-0.15, -0.1) is 13.2 Å². The monoisotopic (exact) mass is 378 g/mol. The second-order valence-corrected chi connectivity index (χ2v) is 6.23. The molecule has 9 nitrogen and oxygen atoms in total. The molecule has 1 saturated heterocycles. The number of ether oxygens (including phenoxy) is 2. The Morgan fingerprint density at radius 2 is 2.23 bits per heavy atom. The maximum atomic E-state index is 12.1. The van der Waals surface area contributed by atoms with Crippen LogP contribution in [-0.4, -0.2) is 44.8 Å². The quantitative estimate of drug-likeness (QED) is 0.642. The molecule has 144 valence electrons. The van der Waals surface area contributed by atoms with Gasteiger partial charge in [0.2, 0.25) is 11.7 Å². The van der Waals surface area contributed by atoms with Crippen molar-refractivity contribution in [1.29, 1.82) is 0 Å². The first-order valence-electron chi connectivity index (χ1n) is 7.88. The van der Waals surface area contributed by atoms with Gasteiger partial charge in [-0.1, -0.05) is 4.98 Å². The van der Waals surface area contributed by atoms with Crippen molar-refractivity contribution in [3.05, 3.63) is 16.7 Å². The van der Waals surface area contributed by atoms with E-state index >= 15 is 0 Å². The molecule has 12 heteroatoms. The lowest BCUT2D eigenvalue weighted by molar-refractivity contribution is -0.745. The second kappa shape index (κ2) is 6.52. The van der Waals surface area contributed by atoms with Crippen LogP contribution in [0.4, 0.5) is 19.1 Å². The molecule has 0 saturated carbocycles. The van der Waals surface area contributed by atoms with Crippen molar-refractivity contribution in [3.63, 3.8) is 0 Å². The summed E-state index contributed by atoms with van der Waals surface area (Å²) >= 11 is 0. The Balaban J connectivity index is 1.87. The van der Waals surface area contributed by atoms with Crippen molar-refractivity contribution in [1.82, 2.24) is 14.5 Å². The number of imidazole rings is 1. The molecule has 2 aromatic rings. The minimum atomic E-state index is -4.72. The average molecular weight is 378 g/mol. The van der Waals surface area contributed by atoms with Crippen molar-refractivity contribution in [3.8, 4) is 0 Å². The van der Waals surface area contributed by atoms with Gasteiger partial charge in [0.1, 0.15) is 6.10 Å². The molecule has 1 fully saturated rings. The molecule has 0 aliphatic carbocycles. The van der Waals surface area contributed by atoms with Crippen LogP contribution in [0, 0.1) is 5.92 Å². The third-order valence-electron chi connectivity index (χ3n) is 4.47. The number of anilines is 1. The van der Waals surface area contributed by atoms with Crippen molar-refractivity contribution in [2.75, 3.05) is 12.3 Å². The zero-order valence-electron chi connectivity index (χ0n) is 14.0. The summed E-state index contributed by atoms with van der Waals surface area (Å²) in [4.78, 5) is 18.5. The van der Waals surface area contributed by atoms with Crippen LogP contribution in [0.3, 0.4) is 0 Å². The van der Waals surface area contributed by atoms with Crippen molar-refractivity contribution >= 4 is 17.1 Å². The Morgan fingerprint density at radius 1 is 1.54 bits per heavy atom. The fraction of sp³-hybridized carbons (Fsp3) is 0.643. The second-order valence-electron chi connectivity index (χ2n) is 6.23. The van der Waals surface area contributed by atoms with Gasteiger partial charge in [-0.3, -0.25) is 19.1 Å². The molecule has 0 unspecified atom stereocenters. The number of hydrogen-bond donors (Lipinski definition) is 3. The number of fused-ring (bicyclic) bond motifs is 1. The number of hydrogen-bond acceptors (Lipinski definition) is 6. The summed E-state index contributed by atoms with van der Waals surface area (Å²) in [5.41, 5.74) is 5.56. The molecule has 4 N–H and O–H groups in total. The number of nitrogens with zero attached hydrogens (tertiary/aromatic N) is 3. The third kappa shape index (κ3) is 3.39. The Morgan fingerprint density at radius 3 is 2.88 bits per heavy atom. The molecule has 1 aliphatic heterocycles. The number of rotatable bonds is 4. The fourth-order valence-electron chi connectivity index (χ4n) is 3.29. The summed E-state index contributed by atoms with van der Waals surface area (Å²) in [5, 5.41) is 10.6. The van der Waals surface area contributed by atoms with E-state index in [0.717, 1.165) is 0 Å². The highest BCUT2D eigenvalue weighted by molar-refractivity contribution is 5.67. The van der Waals surface area contributed by atoms with Crippen LogP contribution in [0.1, 0.15) is 19.6 Å². The molecular formula is C14H19F3N5O4+. The average Bonchev–Trinajstić information content (AvgIpc) is 2.97. The van der Waals surface area contributed by atoms with Crippen molar-refractivity contribution in [2.24, 2.45) is 13.0 Å². The van der Waals surface area contributed by atoms with Gasteiger partial charge >= 0.3 is 12.0 Å². The number of nitrogens with one attached hydrogen (secondary N) is 1. The van der Waals surface area contributed by atoms with Crippen LogP contribution >= 0.6 is 0 Å². The van der Waals surface area contributed by atoms with E-state index in [1.54, 1.807) is 14.0 Å². The summed E-state index contributed by atoms with van der Waals surface area (Å²) in [6, 6.07) is 0. The van der Waals surface area contributed by atoms with Crippen molar-refractivity contribution in [2.45, 2.75) is 38.1 Å². The van der Waals surface area contributed by atoms with Gasteiger partial charge in [0, 0.05) is 5.92 Å². The van der Waals surface area contributed by atoms with Crippen molar-refractivity contribution < 1.29 is 32.3 Å². The number of nitrogen functional groups attached to an aromatic ring is 1. The Kier molecular flexibility index (Phi) is 4.67. The highest BCUT2D eigenvalue weighted by Gasteiger charge is 2.45. The summed E-state index contributed by atoms with van der Waals surface area (Å²) in [5.74, 6) is -0.678. The number of nitrogens with two attached hydrogens (primary N) is 1. The topological polar surface area (TPSA) is 119 Å².